The maximum absolute atomic E-state index is 12.0. The molecule has 1 aromatic rings. The van der Waals surface area contributed by atoms with Gasteiger partial charge in [0, 0.05) is 13.8 Å². The van der Waals surface area contributed by atoms with E-state index in [0.29, 0.717) is 0 Å². The maximum atomic E-state index is 12.0. The van der Waals surface area contributed by atoms with Gasteiger partial charge in [0.15, 0.2) is 3.07 Å². The summed E-state index contributed by atoms with van der Waals surface area (Å²) in [4.78, 5) is 11.8. The van der Waals surface area contributed by atoms with Crippen molar-refractivity contribution in [3.05, 3.63) is 23.8 Å². The van der Waals surface area contributed by atoms with E-state index < -0.39 is 24.7 Å². The number of hydrogen-bond donors (Lipinski definition) is 0. The highest BCUT2D eigenvalue weighted by Gasteiger charge is 2.35. The number of halogens is 2. The number of ether oxygens (including phenoxy) is 2. The fraction of sp³-hybridized carbons (Fsp3) is 0.364. The first-order chi connectivity index (χ1) is 8.63. The first kappa shape index (κ1) is 14.8. The molecule has 2 rings (SSSR count). The van der Waals surface area contributed by atoms with E-state index in [1.54, 1.807) is 13.8 Å². The van der Waals surface area contributed by atoms with Crippen molar-refractivity contribution in [3.63, 3.8) is 0 Å². The Morgan fingerprint density at radius 3 is 2.42 bits per heavy atom. The van der Waals surface area contributed by atoms with Crippen LogP contribution in [0.5, 0.6) is 5.75 Å². The molecule has 1 aromatic carbocycles. The summed E-state index contributed by atoms with van der Waals surface area (Å²) in [5, 5.41) is 0. The van der Waals surface area contributed by atoms with Crippen molar-refractivity contribution in [1.29, 1.82) is 0 Å². The minimum atomic E-state index is -3.56. The molecular weight excluding hydrogens is 404 g/mol. The molecule has 0 aromatic heterocycles. The van der Waals surface area contributed by atoms with Crippen molar-refractivity contribution >= 4 is 47.7 Å². The molecule has 0 saturated carbocycles. The third kappa shape index (κ3) is 2.80. The molecule has 1 heterocycles. The second-order valence-electron chi connectivity index (χ2n) is 4.36. The second-order valence-corrected chi connectivity index (χ2v) is 10.7. The minimum absolute atomic E-state index is 0.0514. The quantitative estimate of drug-likeness (QED) is 0.550. The van der Waals surface area contributed by atoms with Crippen molar-refractivity contribution in [2.75, 3.05) is 0 Å². The number of sulfone groups is 1. The van der Waals surface area contributed by atoms with Gasteiger partial charge in [-0.1, -0.05) is 31.9 Å². The number of fused-ring (bicyclic) bond motifs is 1. The zero-order chi connectivity index (χ0) is 14.4. The van der Waals surface area contributed by atoms with Crippen molar-refractivity contribution in [1.82, 2.24) is 0 Å². The summed E-state index contributed by atoms with van der Waals surface area (Å²) in [7, 11) is -3.56. The van der Waals surface area contributed by atoms with Crippen molar-refractivity contribution in [3.8, 4) is 5.75 Å². The molecule has 0 N–H and O–H groups in total. The number of cyclic esters (lactones) is 1. The van der Waals surface area contributed by atoms with Crippen LogP contribution in [0.4, 0.5) is 0 Å². The van der Waals surface area contributed by atoms with E-state index in [2.05, 4.69) is 31.9 Å². The summed E-state index contributed by atoms with van der Waals surface area (Å²) in [5.74, 6) is -1.46. The Morgan fingerprint density at radius 1 is 1.21 bits per heavy atom. The Bertz CT molecular complexity index is 636. The van der Waals surface area contributed by atoms with Crippen LogP contribution in [0.25, 0.3) is 0 Å². The molecule has 5 nitrogen and oxygen atoms in total. The fourth-order valence-corrected chi connectivity index (χ4v) is 3.63. The molecule has 1 aliphatic heterocycles. The molecule has 104 valence electrons. The van der Waals surface area contributed by atoms with Crippen LogP contribution in [0.1, 0.15) is 24.2 Å². The summed E-state index contributed by atoms with van der Waals surface area (Å²) >= 11 is 5.92. The summed E-state index contributed by atoms with van der Waals surface area (Å²) in [5.41, 5.74) is 0.207. The zero-order valence-electron chi connectivity index (χ0n) is 10.0. The van der Waals surface area contributed by atoms with Crippen LogP contribution in [-0.4, -0.2) is 23.2 Å². The van der Waals surface area contributed by atoms with Gasteiger partial charge in [0.1, 0.15) is 11.3 Å². The number of rotatable bonds is 2. The van der Waals surface area contributed by atoms with Crippen LogP contribution in [0, 0.1) is 0 Å². The lowest BCUT2D eigenvalue weighted by Crippen LogP contribution is -2.38. The lowest BCUT2D eigenvalue weighted by Gasteiger charge is -2.31. The summed E-state index contributed by atoms with van der Waals surface area (Å²) in [6.45, 7) is 3.15. The molecule has 8 heteroatoms. The Hall–Kier alpha value is -0.600. The van der Waals surface area contributed by atoms with Gasteiger partial charge >= 0.3 is 5.97 Å². The highest BCUT2D eigenvalue weighted by Crippen LogP contribution is 2.35. The van der Waals surface area contributed by atoms with Gasteiger partial charge in [-0.2, -0.15) is 0 Å². The van der Waals surface area contributed by atoms with E-state index in [-0.39, 0.29) is 16.2 Å². The van der Waals surface area contributed by atoms with Gasteiger partial charge in [-0.3, -0.25) is 0 Å². The number of hydrogen-bond acceptors (Lipinski definition) is 5. The van der Waals surface area contributed by atoms with E-state index in [1.807, 2.05) is 0 Å². The molecule has 0 amide bonds. The number of esters is 1. The summed E-state index contributed by atoms with van der Waals surface area (Å²) in [6, 6.07) is 4.04. The number of benzene rings is 1. The van der Waals surface area contributed by atoms with Gasteiger partial charge in [-0.05, 0) is 18.2 Å². The van der Waals surface area contributed by atoms with E-state index in [9.17, 15) is 13.2 Å². The van der Waals surface area contributed by atoms with Gasteiger partial charge in [-0.25, -0.2) is 13.2 Å². The molecule has 0 fully saturated rings. The van der Waals surface area contributed by atoms with E-state index in [1.165, 1.54) is 18.2 Å². The summed E-state index contributed by atoms with van der Waals surface area (Å²) < 4.78 is 33.6. The monoisotopic (exact) mass is 412 g/mol. The Balaban J connectivity index is 2.54. The SMILES string of the molecule is CC1(C)OC(=O)c2ccc(S(=O)(=O)C(Br)Br)cc2O1. The van der Waals surface area contributed by atoms with Gasteiger partial charge < -0.3 is 9.47 Å². The number of carbonyl (C=O) groups excluding carboxylic acids is 1. The molecule has 0 atom stereocenters. The van der Waals surface area contributed by atoms with Gasteiger partial charge in [0.25, 0.3) is 0 Å². The first-order valence-corrected chi connectivity index (χ1v) is 8.60. The maximum Gasteiger partial charge on any atom is 0.345 e. The largest absolute Gasteiger partial charge is 0.452 e. The fourth-order valence-electron chi connectivity index (χ4n) is 1.60. The van der Waals surface area contributed by atoms with Crippen LogP contribution in [0.3, 0.4) is 0 Å². The Morgan fingerprint density at radius 2 is 1.84 bits per heavy atom. The predicted molar refractivity (Wildman–Crippen MR) is 75.4 cm³/mol. The molecule has 0 spiro atoms. The van der Waals surface area contributed by atoms with Crippen LogP contribution >= 0.6 is 31.9 Å². The Kier molecular flexibility index (Phi) is 3.70. The van der Waals surface area contributed by atoms with E-state index in [4.69, 9.17) is 9.47 Å². The average Bonchev–Trinajstić information content (AvgIpc) is 2.26. The molecular formula is C11H10Br2O5S. The molecule has 0 aliphatic carbocycles. The van der Waals surface area contributed by atoms with Crippen molar-refractivity contribution in [2.45, 2.75) is 27.6 Å². The highest BCUT2D eigenvalue weighted by molar-refractivity contribution is 9.27. The van der Waals surface area contributed by atoms with Gasteiger partial charge in [0.2, 0.25) is 15.6 Å². The molecule has 1 aliphatic rings. The number of carbonyl (C=O) groups is 1. The first-order valence-electron chi connectivity index (χ1n) is 5.22. The molecule has 0 unspecified atom stereocenters. The third-order valence-electron chi connectivity index (χ3n) is 2.43. The lowest BCUT2D eigenvalue weighted by atomic mass is 10.1. The number of alkyl halides is 2. The second kappa shape index (κ2) is 4.75. The van der Waals surface area contributed by atoms with Gasteiger partial charge in [0.05, 0.1) is 4.90 Å². The molecule has 19 heavy (non-hydrogen) atoms. The molecule has 0 bridgehead atoms. The third-order valence-corrected chi connectivity index (χ3v) is 6.76. The minimum Gasteiger partial charge on any atom is -0.452 e. The smallest absolute Gasteiger partial charge is 0.345 e. The van der Waals surface area contributed by atoms with Crippen LogP contribution < -0.4 is 4.74 Å². The highest BCUT2D eigenvalue weighted by atomic mass is 79.9. The molecule has 0 saturated heterocycles. The van der Waals surface area contributed by atoms with E-state index >= 15 is 0 Å². The van der Waals surface area contributed by atoms with Crippen LogP contribution in [0.2, 0.25) is 0 Å². The normalized spacial score (nSPS) is 17.6. The topological polar surface area (TPSA) is 69.7 Å². The predicted octanol–water partition coefficient (Wildman–Crippen LogP) is 2.82. The summed E-state index contributed by atoms with van der Waals surface area (Å²) in [6.07, 6.45) is 0. The van der Waals surface area contributed by atoms with E-state index in [0.717, 1.165) is 0 Å². The zero-order valence-corrected chi connectivity index (χ0v) is 14.0. The van der Waals surface area contributed by atoms with Crippen molar-refractivity contribution in [2.24, 2.45) is 0 Å². The van der Waals surface area contributed by atoms with Crippen molar-refractivity contribution < 1.29 is 22.7 Å². The van der Waals surface area contributed by atoms with Crippen LogP contribution in [-0.2, 0) is 14.6 Å². The Labute approximate surface area is 127 Å². The average molecular weight is 414 g/mol. The molecule has 0 radical (unpaired) electrons. The van der Waals surface area contributed by atoms with Crippen LogP contribution in [0.15, 0.2) is 23.1 Å². The van der Waals surface area contributed by atoms with Gasteiger partial charge in [-0.15, -0.1) is 0 Å². The standard InChI is InChI=1S/C11H10Br2O5S/c1-11(2)17-8-5-6(19(15,16)10(12)13)3-4-7(8)9(14)18-11/h3-5,10H,1-2H3. The lowest BCUT2D eigenvalue weighted by molar-refractivity contribution is -0.127.